The van der Waals surface area contributed by atoms with E-state index in [1.54, 1.807) is 0 Å². The molecule has 8 nitrogen and oxygen atoms in total. The van der Waals surface area contributed by atoms with E-state index in [0.29, 0.717) is 0 Å². The van der Waals surface area contributed by atoms with Crippen molar-refractivity contribution in [3.8, 4) is 0 Å². The van der Waals surface area contributed by atoms with Crippen LogP contribution in [0.1, 0.15) is 23.0 Å². The molecule has 0 radical (unpaired) electrons. The SMILES string of the molecule is O=C(NC1C(OCc2ccccc2)OC2COC(c3ccccc3)OC2C1O)OCc1ccccc1. The van der Waals surface area contributed by atoms with E-state index in [1.165, 1.54) is 0 Å². The predicted molar refractivity (Wildman–Crippen MR) is 129 cm³/mol. The van der Waals surface area contributed by atoms with Crippen LogP contribution in [0.5, 0.6) is 0 Å². The number of rotatable bonds is 7. The Labute approximate surface area is 209 Å². The van der Waals surface area contributed by atoms with Crippen molar-refractivity contribution < 1.29 is 33.6 Å². The molecule has 0 bridgehead atoms. The smallest absolute Gasteiger partial charge is 0.407 e. The monoisotopic (exact) mass is 491 g/mol. The van der Waals surface area contributed by atoms with Crippen LogP contribution in [-0.4, -0.2) is 48.5 Å². The maximum Gasteiger partial charge on any atom is 0.407 e. The van der Waals surface area contributed by atoms with Crippen LogP contribution in [-0.2, 0) is 36.9 Å². The summed E-state index contributed by atoms with van der Waals surface area (Å²) < 4.78 is 29.5. The van der Waals surface area contributed by atoms with Crippen molar-refractivity contribution in [2.24, 2.45) is 0 Å². The molecule has 1 amide bonds. The van der Waals surface area contributed by atoms with Crippen molar-refractivity contribution in [2.45, 2.75) is 50.1 Å². The molecule has 6 atom stereocenters. The number of alkyl carbamates (subject to hydrolysis) is 1. The molecule has 36 heavy (non-hydrogen) atoms. The molecule has 2 fully saturated rings. The Kier molecular flexibility index (Phi) is 7.90. The van der Waals surface area contributed by atoms with Gasteiger partial charge in [-0.15, -0.1) is 0 Å². The molecular weight excluding hydrogens is 462 g/mol. The van der Waals surface area contributed by atoms with Gasteiger partial charge in [-0.25, -0.2) is 4.79 Å². The van der Waals surface area contributed by atoms with Crippen LogP contribution >= 0.6 is 0 Å². The predicted octanol–water partition coefficient (Wildman–Crippen LogP) is 3.70. The summed E-state index contributed by atoms with van der Waals surface area (Å²) in [4.78, 5) is 12.7. The van der Waals surface area contributed by atoms with Gasteiger partial charge in [0.25, 0.3) is 0 Å². The first-order valence-corrected chi connectivity index (χ1v) is 12.0. The molecule has 0 spiro atoms. The largest absolute Gasteiger partial charge is 0.445 e. The van der Waals surface area contributed by atoms with Crippen LogP contribution in [0.4, 0.5) is 4.79 Å². The van der Waals surface area contributed by atoms with Gasteiger partial charge in [-0.2, -0.15) is 0 Å². The third kappa shape index (κ3) is 5.92. The highest BCUT2D eigenvalue weighted by molar-refractivity contribution is 5.67. The number of fused-ring (bicyclic) bond motifs is 1. The number of amides is 1. The van der Waals surface area contributed by atoms with Crippen molar-refractivity contribution >= 4 is 6.09 Å². The maximum atomic E-state index is 12.7. The Balaban J connectivity index is 1.28. The van der Waals surface area contributed by atoms with Gasteiger partial charge in [-0.3, -0.25) is 0 Å². The van der Waals surface area contributed by atoms with E-state index in [2.05, 4.69) is 5.32 Å². The third-order valence-corrected chi connectivity index (χ3v) is 6.19. The highest BCUT2D eigenvalue weighted by atomic mass is 16.7. The molecule has 2 heterocycles. The van der Waals surface area contributed by atoms with E-state index in [-0.39, 0.29) is 19.8 Å². The fourth-order valence-electron chi connectivity index (χ4n) is 4.32. The standard InChI is InChI=1S/C28H29NO7/c30-24-23(29-28(31)34-17-20-12-6-2-7-13-20)27(32-16-19-10-4-1-5-11-19)35-22-18-33-26(36-25(22)24)21-14-8-3-9-15-21/h1-15,22-27,30H,16-18H2,(H,29,31). The van der Waals surface area contributed by atoms with Gasteiger partial charge < -0.3 is 34.1 Å². The first kappa shape index (κ1) is 24.4. The van der Waals surface area contributed by atoms with Gasteiger partial charge in [-0.05, 0) is 11.1 Å². The number of nitrogens with one attached hydrogen (secondary N) is 1. The molecule has 3 aromatic rings. The van der Waals surface area contributed by atoms with E-state index in [0.717, 1.165) is 16.7 Å². The van der Waals surface area contributed by atoms with Crippen LogP contribution in [0.2, 0.25) is 0 Å². The average Bonchev–Trinajstić information content (AvgIpc) is 2.94. The zero-order valence-electron chi connectivity index (χ0n) is 19.6. The molecule has 2 saturated heterocycles. The molecule has 2 N–H and O–H groups in total. The fourth-order valence-corrected chi connectivity index (χ4v) is 4.32. The van der Waals surface area contributed by atoms with Gasteiger partial charge in [0, 0.05) is 5.56 Å². The van der Waals surface area contributed by atoms with Crippen molar-refractivity contribution in [1.29, 1.82) is 0 Å². The number of benzene rings is 3. The molecule has 0 saturated carbocycles. The fraction of sp³-hybridized carbons (Fsp3) is 0.321. The molecule has 2 aliphatic heterocycles. The maximum absolute atomic E-state index is 12.7. The molecule has 0 aliphatic carbocycles. The first-order valence-electron chi connectivity index (χ1n) is 12.0. The number of aliphatic hydroxyl groups is 1. The van der Waals surface area contributed by atoms with Gasteiger partial charge in [0.1, 0.15) is 31.0 Å². The molecule has 188 valence electrons. The van der Waals surface area contributed by atoms with Crippen LogP contribution in [0.15, 0.2) is 91.0 Å². The van der Waals surface area contributed by atoms with E-state index >= 15 is 0 Å². The van der Waals surface area contributed by atoms with Crippen molar-refractivity contribution in [1.82, 2.24) is 5.32 Å². The van der Waals surface area contributed by atoms with Crippen LogP contribution in [0.25, 0.3) is 0 Å². The van der Waals surface area contributed by atoms with Gasteiger partial charge in [-0.1, -0.05) is 91.0 Å². The Morgan fingerprint density at radius 3 is 2.14 bits per heavy atom. The number of ether oxygens (including phenoxy) is 5. The molecule has 3 aromatic carbocycles. The van der Waals surface area contributed by atoms with Crippen molar-refractivity contribution in [2.75, 3.05) is 6.61 Å². The number of aliphatic hydroxyl groups excluding tert-OH is 1. The zero-order valence-corrected chi connectivity index (χ0v) is 19.6. The quantitative estimate of drug-likeness (QED) is 0.520. The topological polar surface area (TPSA) is 95.5 Å². The summed E-state index contributed by atoms with van der Waals surface area (Å²) in [7, 11) is 0. The second-order valence-corrected chi connectivity index (χ2v) is 8.74. The van der Waals surface area contributed by atoms with E-state index in [9.17, 15) is 9.90 Å². The Morgan fingerprint density at radius 2 is 1.47 bits per heavy atom. The van der Waals surface area contributed by atoms with Gasteiger partial charge in [0.2, 0.25) is 0 Å². The van der Waals surface area contributed by atoms with Gasteiger partial charge in [0.05, 0.1) is 13.2 Å². The average molecular weight is 492 g/mol. The molecule has 2 aliphatic rings. The summed E-state index contributed by atoms with van der Waals surface area (Å²) in [6, 6.07) is 27.5. The number of carbonyl (C=O) groups excluding carboxylic acids is 1. The summed E-state index contributed by atoms with van der Waals surface area (Å²) in [6.45, 7) is 0.539. The lowest BCUT2D eigenvalue weighted by molar-refractivity contribution is -0.345. The zero-order chi connectivity index (χ0) is 24.7. The lowest BCUT2D eigenvalue weighted by atomic mass is 9.96. The van der Waals surface area contributed by atoms with Crippen molar-refractivity contribution in [3.05, 3.63) is 108 Å². The lowest BCUT2D eigenvalue weighted by Gasteiger charge is -2.47. The van der Waals surface area contributed by atoms with Crippen LogP contribution < -0.4 is 5.32 Å². The van der Waals surface area contributed by atoms with Crippen LogP contribution in [0, 0.1) is 0 Å². The summed E-state index contributed by atoms with van der Waals surface area (Å²) in [5, 5.41) is 14.1. The molecule has 8 heteroatoms. The Hall–Kier alpha value is -3.27. The van der Waals surface area contributed by atoms with E-state index < -0.39 is 43.0 Å². The molecular formula is C28H29NO7. The highest BCUT2D eigenvalue weighted by Crippen LogP contribution is 2.34. The molecule has 6 unspecified atom stereocenters. The first-order chi connectivity index (χ1) is 17.7. The minimum atomic E-state index is -1.12. The highest BCUT2D eigenvalue weighted by Gasteiger charge is 2.50. The minimum Gasteiger partial charge on any atom is -0.445 e. The second kappa shape index (κ2) is 11.6. The van der Waals surface area contributed by atoms with E-state index in [4.69, 9.17) is 23.7 Å². The van der Waals surface area contributed by atoms with Crippen molar-refractivity contribution in [3.63, 3.8) is 0 Å². The third-order valence-electron chi connectivity index (χ3n) is 6.19. The Bertz CT molecular complexity index is 1100. The number of carbonyl (C=O) groups is 1. The number of hydrogen-bond donors (Lipinski definition) is 2. The second-order valence-electron chi connectivity index (χ2n) is 8.74. The summed E-state index contributed by atoms with van der Waals surface area (Å²) in [5.74, 6) is 0. The summed E-state index contributed by atoms with van der Waals surface area (Å²) in [5.41, 5.74) is 2.62. The summed E-state index contributed by atoms with van der Waals surface area (Å²) >= 11 is 0. The summed E-state index contributed by atoms with van der Waals surface area (Å²) in [6.07, 6.45) is -4.71. The lowest BCUT2D eigenvalue weighted by Crippen LogP contribution is -2.66. The van der Waals surface area contributed by atoms with Gasteiger partial charge in [0.15, 0.2) is 12.6 Å². The van der Waals surface area contributed by atoms with Gasteiger partial charge >= 0.3 is 6.09 Å². The number of hydrogen-bond acceptors (Lipinski definition) is 7. The van der Waals surface area contributed by atoms with E-state index in [1.807, 2.05) is 91.0 Å². The minimum absolute atomic E-state index is 0.0956. The Morgan fingerprint density at radius 1 is 0.861 bits per heavy atom. The molecule has 0 aromatic heterocycles. The molecule has 5 rings (SSSR count). The van der Waals surface area contributed by atoms with Crippen LogP contribution in [0.3, 0.4) is 0 Å². The normalized spacial score (nSPS) is 27.6.